The summed E-state index contributed by atoms with van der Waals surface area (Å²) in [7, 11) is 1.61. The zero-order chi connectivity index (χ0) is 18.1. The van der Waals surface area contributed by atoms with Gasteiger partial charge in [0, 0.05) is 42.3 Å². The normalized spacial score (nSPS) is 13.1. The number of carbonyl (C=O) groups is 1. The number of aryl methyl sites for hydroxylation is 1. The summed E-state index contributed by atoms with van der Waals surface area (Å²) in [5, 5.41) is 3.92. The molecule has 0 spiro atoms. The van der Waals surface area contributed by atoms with Crippen LogP contribution in [0.3, 0.4) is 0 Å². The molecule has 0 unspecified atom stereocenters. The molecule has 4 rings (SSSR count). The third kappa shape index (κ3) is 2.90. The maximum absolute atomic E-state index is 12.6. The first-order valence-corrected chi connectivity index (χ1v) is 8.85. The lowest BCUT2D eigenvalue weighted by Gasteiger charge is -2.19. The number of rotatable bonds is 5. The van der Waals surface area contributed by atoms with Crippen molar-refractivity contribution in [2.75, 3.05) is 31.6 Å². The van der Waals surface area contributed by atoms with Crippen LogP contribution < -0.4 is 15.0 Å². The van der Waals surface area contributed by atoms with Crippen LogP contribution in [0.5, 0.6) is 5.75 Å². The smallest absolute Gasteiger partial charge is 0.287 e. The molecule has 1 aliphatic rings. The Balaban J connectivity index is 1.43. The number of para-hydroxylation sites is 1. The van der Waals surface area contributed by atoms with Crippen LogP contribution in [-0.2, 0) is 6.42 Å². The Morgan fingerprint density at radius 1 is 1.27 bits per heavy atom. The van der Waals surface area contributed by atoms with Gasteiger partial charge in [0.2, 0.25) is 0 Å². The van der Waals surface area contributed by atoms with Crippen LogP contribution in [0.4, 0.5) is 5.69 Å². The number of ether oxygens (including phenoxy) is 1. The third-order valence-electron chi connectivity index (χ3n) is 5.00. The van der Waals surface area contributed by atoms with E-state index < -0.39 is 0 Å². The van der Waals surface area contributed by atoms with E-state index >= 15 is 0 Å². The Morgan fingerprint density at radius 2 is 2.12 bits per heavy atom. The highest BCUT2D eigenvalue weighted by atomic mass is 16.5. The number of methoxy groups -OCH3 is 1. The van der Waals surface area contributed by atoms with E-state index in [9.17, 15) is 4.79 Å². The van der Waals surface area contributed by atoms with E-state index in [1.807, 2.05) is 19.1 Å². The number of hydrogen-bond donors (Lipinski definition) is 1. The van der Waals surface area contributed by atoms with Crippen LogP contribution in [-0.4, -0.2) is 32.7 Å². The fourth-order valence-electron chi connectivity index (χ4n) is 3.57. The van der Waals surface area contributed by atoms with Crippen LogP contribution in [0, 0.1) is 6.92 Å². The molecule has 1 aromatic heterocycles. The quantitative estimate of drug-likeness (QED) is 0.765. The van der Waals surface area contributed by atoms with Crippen LogP contribution in [0.15, 0.2) is 46.9 Å². The molecule has 0 saturated heterocycles. The molecule has 0 aliphatic carbocycles. The highest BCUT2D eigenvalue weighted by Gasteiger charge is 2.20. The molecule has 0 radical (unpaired) electrons. The fourth-order valence-corrected chi connectivity index (χ4v) is 3.57. The van der Waals surface area contributed by atoms with Gasteiger partial charge in [0.05, 0.1) is 7.11 Å². The maximum Gasteiger partial charge on any atom is 0.287 e. The van der Waals surface area contributed by atoms with Gasteiger partial charge in [-0.15, -0.1) is 0 Å². The number of amides is 1. The lowest BCUT2D eigenvalue weighted by Crippen LogP contribution is -2.34. The van der Waals surface area contributed by atoms with Crippen molar-refractivity contribution in [1.29, 1.82) is 0 Å². The Labute approximate surface area is 152 Å². The second-order valence-corrected chi connectivity index (χ2v) is 6.54. The first kappa shape index (κ1) is 16.5. The summed E-state index contributed by atoms with van der Waals surface area (Å²) in [6, 6.07) is 14.0. The predicted octanol–water partition coefficient (Wildman–Crippen LogP) is 3.54. The van der Waals surface area contributed by atoms with E-state index in [0.29, 0.717) is 23.6 Å². The van der Waals surface area contributed by atoms with Crippen LogP contribution >= 0.6 is 0 Å². The molecule has 1 amide bonds. The standard InChI is InChI=1S/C21H22N2O3/c1-14-17-8-7-16(25-2)13-19(17)26-20(14)21(24)22-10-12-23-11-9-15-5-3-4-6-18(15)23/h3-8,13H,9-12H2,1-2H3,(H,22,24). The van der Waals surface area contributed by atoms with Gasteiger partial charge in [0.15, 0.2) is 5.76 Å². The highest BCUT2D eigenvalue weighted by Crippen LogP contribution is 2.29. The van der Waals surface area contributed by atoms with Crippen molar-refractivity contribution in [2.24, 2.45) is 0 Å². The SMILES string of the molecule is COc1ccc2c(C)c(C(=O)NCCN3CCc4ccccc43)oc2c1. The summed E-state index contributed by atoms with van der Waals surface area (Å²) in [6.45, 7) is 4.27. The summed E-state index contributed by atoms with van der Waals surface area (Å²) in [5.41, 5.74) is 4.17. The molecule has 1 N–H and O–H groups in total. The molecule has 0 bridgehead atoms. The molecule has 134 valence electrons. The lowest BCUT2D eigenvalue weighted by molar-refractivity contribution is 0.0928. The van der Waals surface area contributed by atoms with Crippen LogP contribution in [0.25, 0.3) is 11.0 Å². The average molecular weight is 350 g/mol. The minimum absolute atomic E-state index is 0.176. The first-order chi connectivity index (χ1) is 12.7. The molecule has 5 nitrogen and oxygen atoms in total. The Morgan fingerprint density at radius 3 is 2.96 bits per heavy atom. The van der Waals surface area contributed by atoms with Crippen molar-refractivity contribution >= 4 is 22.6 Å². The van der Waals surface area contributed by atoms with Gasteiger partial charge in [-0.3, -0.25) is 4.79 Å². The second-order valence-electron chi connectivity index (χ2n) is 6.54. The van der Waals surface area contributed by atoms with Gasteiger partial charge in [-0.05, 0) is 37.1 Å². The van der Waals surface area contributed by atoms with E-state index in [2.05, 4.69) is 34.5 Å². The average Bonchev–Trinajstić information content (AvgIpc) is 3.23. The molecule has 0 fully saturated rings. The van der Waals surface area contributed by atoms with E-state index in [4.69, 9.17) is 9.15 Å². The second kappa shape index (κ2) is 6.75. The number of nitrogens with zero attached hydrogens (tertiary/aromatic N) is 1. The van der Waals surface area contributed by atoms with Crippen molar-refractivity contribution < 1.29 is 13.9 Å². The number of benzene rings is 2. The Bertz CT molecular complexity index is 961. The number of hydrogen-bond acceptors (Lipinski definition) is 4. The third-order valence-corrected chi connectivity index (χ3v) is 5.00. The topological polar surface area (TPSA) is 54.7 Å². The molecule has 1 aliphatic heterocycles. The molecule has 2 aromatic carbocycles. The summed E-state index contributed by atoms with van der Waals surface area (Å²) >= 11 is 0. The molecule has 0 atom stereocenters. The Kier molecular flexibility index (Phi) is 4.29. The van der Waals surface area contributed by atoms with E-state index in [0.717, 1.165) is 30.5 Å². The van der Waals surface area contributed by atoms with Crippen molar-refractivity contribution in [2.45, 2.75) is 13.3 Å². The van der Waals surface area contributed by atoms with Crippen molar-refractivity contribution in [3.05, 3.63) is 59.4 Å². The monoisotopic (exact) mass is 350 g/mol. The molecular weight excluding hydrogens is 328 g/mol. The molecule has 3 aromatic rings. The van der Waals surface area contributed by atoms with E-state index in [1.165, 1.54) is 11.3 Å². The number of nitrogens with one attached hydrogen (secondary N) is 1. The molecule has 2 heterocycles. The maximum atomic E-state index is 12.6. The van der Waals surface area contributed by atoms with Gasteiger partial charge >= 0.3 is 0 Å². The predicted molar refractivity (Wildman–Crippen MR) is 102 cm³/mol. The number of carbonyl (C=O) groups excluding carboxylic acids is 1. The summed E-state index contributed by atoms with van der Waals surface area (Å²) in [5.74, 6) is 0.908. The van der Waals surface area contributed by atoms with Crippen molar-refractivity contribution in [1.82, 2.24) is 5.32 Å². The van der Waals surface area contributed by atoms with E-state index in [1.54, 1.807) is 13.2 Å². The van der Waals surface area contributed by atoms with Gasteiger partial charge in [0.1, 0.15) is 11.3 Å². The summed E-state index contributed by atoms with van der Waals surface area (Å²) in [6.07, 6.45) is 1.06. The number of furan rings is 1. The fraction of sp³-hybridized carbons (Fsp3) is 0.286. The molecule has 26 heavy (non-hydrogen) atoms. The summed E-state index contributed by atoms with van der Waals surface area (Å²) in [4.78, 5) is 14.9. The minimum Gasteiger partial charge on any atom is -0.497 e. The van der Waals surface area contributed by atoms with Gasteiger partial charge < -0.3 is 19.4 Å². The lowest BCUT2D eigenvalue weighted by atomic mass is 10.1. The molecule has 5 heteroatoms. The van der Waals surface area contributed by atoms with Crippen molar-refractivity contribution in [3.63, 3.8) is 0 Å². The number of anilines is 1. The zero-order valence-corrected chi connectivity index (χ0v) is 15.0. The molecular formula is C21H22N2O3. The highest BCUT2D eigenvalue weighted by molar-refractivity contribution is 5.99. The molecule has 0 saturated carbocycles. The van der Waals surface area contributed by atoms with Gasteiger partial charge in [-0.2, -0.15) is 0 Å². The number of fused-ring (bicyclic) bond motifs is 2. The first-order valence-electron chi connectivity index (χ1n) is 8.85. The Hall–Kier alpha value is -2.95. The van der Waals surface area contributed by atoms with Crippen LogP contribution in [0.2, 0.25) is 0 Å². The van der Waals surface area contributed by atoms with Crippen LogP contribution in [0.1, 0.15) is 21.7 Å². The minimum atomic E-state index is -0.176. The zero-order valence-electron chi connectivity index (χ0n) is 15.0. The summed E-state index contributed by atoms with van der Waals surface area (Å²) < 4.78 is 11.0. The van der Waals surface area contributed by atoms with Gasteiger partial charge in [-0.1, -0.05) is 18.2 Å². The van der Waals surface area contributed by atoms with Gasteiger partial charge in [-0.25, -0.2) is 0 Å². The van der Waals surface area contributed by atoms with Gasteiger partial charge in [0.25, 0.3) is 5.91 Å². The largest absolute Gasteiger partial charge is 0.497 e. The van der Waals surface area contributed by atoms with Crippen molar-refractivity contribution in [3.8, 4) is 5.75 Å². The van der Waals surface area contributed by atoms with E-state index in [-0.39, 0.29) is 5.91 Å².